The Balaban J connectivity index is 2.14. The van der Waals surface area contributed by atoms with Crippen molar-refractivity contribution in [2.45, 2.75) is 74.5 Å². The lowest BCUT2D eigenvalue weighted by Crippen LogP contribution is -2.19. The summed E-state index contributed by atoms with van der Waals surface area (Å²) in [6.45, 7) is 11.7. The van der Waals surface area contributed by atoms with E-state index in [-0.39, 0.29) is 29.6 Å². The number of carbonyl (C=O) groups is 1. The molecule has 0 aromatic heterocycles. The Morgan fingerprint density at radius 3 is 1.51 bits per heavy atom. The molecule has 6 nitrogen and oxygen atoms in total. The van der Waals surface area contributed by atoms with Crippen LogP contribution in [0.3, 0.4) is 0 Å². The summed E-state index contributed by atoms with van der Waals surface area (Å²) in [5.74, 6) is 0.726. The minimum atomic E-state index is -2.86. The smallest absolute Gasteiger partial charge is 0.353 e. The van der Waals surface area contributed by atoms with E-state index >= 15 is 0 Å². The maximum absolute atomic E-state index is 14.0. The fraction of sp³-hybridized carbons (Fsp3) is 0.265. The zero-order chi connectivity index (χ0) is 29.6. The molecule has 216 valence electrons. The highest BCUT2D eigenvalue weighted by atomic mass is 32.3. The SMILES string of the molecule is CC(C)Oc1cc(OC(C)C)c(S(OC(=O)c2ccccc2O)(c2ccccc2)c2ccccc2)c(OC(C)C)c1. The standard InChI is InChI=1S/C34H38O6S/c1-23(2)37-26-21-31(38-24(3)4)33(32(22-26)39-25(5)6)41(27-15-9-7-10-16-27,28-17-11-8-12-18-28)40-34(36)29-19-13-14-20-30(29)35/h7-25,35H,1-6H3. The van der Waals surface area contributed by atoms with Gasteiger partial charge >= 0.3 is 5.97 Å². The van der Waals surface area contributed by atoms with Crippen LogP contribution in [-0.4, -0.2) is 29.4 Å². The predicted molar refractivity (Wildman–Crippen MR) is 163 cm³/mol. The van der Waals surface area contributed by atoms with Crippen molar-refractivity contribution in [2.24, 2.45) is 0 Å². The molecule has 0 aliphatic heterocycles. The second-order valence-electron chi connectivity index (χ2n) is 10.3. The van der Waals surface area contributed by atoms with Crippen LogP contribution in [0.1, 0.15) is 51.9 Å². The van der Waals surface area contributed by atoms with E-state index < -0.39 is 16.3 Å². The second kappa shape index (κ2) is 13.0. The third kappa shape index (κ3) is 6.80. The zero-order valence-corrected chi connectivity index (χ0v) is 25.2. The number of benzene rings is 4. The van der Waals surface area contributed by atoms with Gasteiger partial charge in [0, 0.05) is 32.2 Å². The molecular formula is C34H38O6S. The molecule has 0 amide bonds. The third-order valence-electron chi connectivity index (χ3n) is 5.85. The third-order valence-corrected chi connectivity index (χ3v) is 9.10. The minimum Gasteiger partial charge on any atom is -0.507 e. The van der Waals surface area contributed by atoms with Crippen LogP contribution in [0.2, 0.25) is 0 Å². The summed E-state index contributed by atoms with van der Waals surface area (Å²) >= 11 is 0. The lowest BCUT2D eigenvalue weighted by Gasteiger charge is -2.41. The lowest BCUT2D eigenvalue weighted by molar-refractivity contribution is 0.0753. The van der Waals surface area contributed by atoms with Gasteiger partial charge in [0.2, 0.25) is 0 Å². The first-order chi connectivity index (χ1) is 19.6. The Morgan fingerprint density at radius 2 is 1.07 bits per heavy atom. The van der Waals surface area contributed by atoms with Crippen LogP contribution in [0.15, 0.2) is 112 Å². The number of phenolic OH excluding ortho intramolecular Hbond substituents is 1. The Morgan fingerprint density at radius 1 is 0.634 bits per heavy atom. The molecule has 4 aromatic rings. The molecule has 4 rings (SSSR count). The number of para-hydroxylation sites is 1. The highest BCUT2D eigenvalue weighted by molar-refractivity contribution is 8.30. The topological polar surface area (TPSA) is 74.2 Å². The van der Waals surface area contributed by atoms with Crippen molar-refractivity contribution in [2.75, 3.05) is 0 Å². The van der Waals surface area contributed by atoms with Crippen LogP contribution in [0, 0.1) is 0 Å². The van der Waals surface area contributed by atoms with Crippen molar-refractivity contribution in [1.29, 1.82) is 0 Å². The van der Waals surface area contributed by atoms with Crippen LogP contribution in [0.5, 0.6) is 23.0 Å². The summed E-state index contributed by atoms with van der Waals surface area (Å²) in [6, 6.07) is 29.3. The molecule has 0 atom stereocenters. The highest BCUT2D eigenvalue weighted by Crippen LogP contribution is 2.74. The zero-order valence-electron chi connectivity index (χ0n) is 24.4. The van der Waals surface area contributed by atoms with Crippen LogP contribution < -0.4 is 14.2 Å². The second-order valence-corrected chi connectivity index (χ2v) is 12.9. The average molecular weight is 575 g/mol. The van der Waals surface area contributed by atoms with E-state index in [1.807, 2.05) is 114 Å². The van der Waals surface area contributed by atoms with Crippen molar-refractivity contribution in [3.8, 4) is 23.0 Å². The lowest BCUT2D eigenvalue weighted by atomic mass is 10.2. The normalized spacial score (nSPS) is 11.9. The van der Waals surface area contributed by atoms with E-state index in [0.29, 0.717) is 22.1 Å². The van der Waals surface area contributed by atoms with Crippen LogP contribution in [-0.2, 0) is 4.18 Å². The minimum absolute atomic E-state index is 0.0636. The van der Waals surface area contributed by atoms with Crippen molar-refractivity contribution < 1.29 is 28.3 Å². The van der Waals surface area contributed by atoms with Gasteiger partial charge in [0.25, 0.3) is 0 Å². The van der Waals surface area contributed by atoms with Crippen LogP contribution in [0.25, 0.3) is 0 Å². The number of aromatic hydroxyl groups is 1. The van der Waals surface area contributed by atoms with Crippen molar-refractivity contribution in [1.82, 2.24) is 0 Å². The van der Waals surface area contributed by atoms with Gasteiger partial charge in [-0.3, -0.25) is 0 Å². The van der Waals surface area contributed by atoms with E-state index in [1.165, 1.54) is 6.07 Å². The van der Waals surface area contributed by atoms with Gasteiger partial charge in [0.05, 0.1) is 18.3 Å². The Labute approximate surface area is 244 Å². The first-order valence-electron chi connectivity index (χ1n) is 13.7. The van der Waals surface area contributed by atoms with Gasteiger partial charge in [-0.05, 0) is 77.9 Å². The van der Waals surface area contributed by atoms with Gasteiger partial charge in [-0.25, -0.2) is 4.79 Å². The van der Waals surface area contributed by atoms with Gasteiger partial charge < -0.3 is 23.5 Å². The van der Waals surface area contributed by atoms with Gasteiger partial charge in [0.15, 0.2) is 0 Å². The molecule has 0 radical (unpaired) electrons. The summed E-state index contributed by atoms with van der Waals surface area (Å²) in [5.41, 5.74) is 0.0636. The first kappa shape index (κ1) is 29.9. The maximum atomic E-state index is 14.0. The van der Waals surface area contributed by atoms with Crippen molar-refractivity contribution in [3.05, 3.63) is 103 Å². The van der Waals surface area contributed by atoms with E-state index in [0.717, 1.165) is 9.79 Å². The molecule has 0 aliphatic rings. The van der Waals surface area contributed by atoms with E-state index in [1.54, 1.807) is 18.2 Å². The monoisotopic (exact) mass is 574 g/mol. The molecule has 0 spiro atoms. The molecule has 0 saturated carbocycles. The highest BCUT2D eigenvalue weighted by Gasteiger charge is 2.42. The molecule has 4 aromatic carbocycles. The molecule has 41 heavy (non-hydrogen) atoms. The number of rotatable bonds is 11. The fourth-order valence-electron chi connectivity index (χ4n) is 4.40. The quantitative estimate of drug-likeness (QED) is 0.193. The van der Waals surface area contributed by atoms with E-state index in [4.69, 9.17) is 18.4 Å². The van der Waals surface area contributed by atoms with E-state index in [9.17, 15) is 9.90 Å². The molecular weight excluding hydrogens is 536 g/mol. The van der Waals surface area contributed by atoms with Crippen LogP contribution in [0.4, 0.5) is 0 Å². The van der Waals surface area contributed by atoms with Crippen molar-refractivity contribution in [3.63, 3.8) is 0 Å². The van der Waals surface area contributed by atoms with Gasteiger partial charge in [-0.1, -0.05) is 48.5 Å². The number of carbonyl (C=O) groups excluding carboxylic acids is 1. The summed E-state index contributed by atoms with van der Waals surface area (Å²) in [5, 5.41) is 10.6. The molecule has 0 fully saturated rings. The number of ether oxygens (including phenoxy) is 3. The molecule has 1 N–H and O–H groups in total. The van der Waals surface area contributed by atoms with Crippen molar-refractivity contribution >= 4 is 16.3 Å². The van der Waals surface area contributed by atoms with E-state index in [2.05, 4.69) is 0 Å². The summed E-state index contributed by atoms with van der Waals surface area (Å²) < 4.78 is 25.8. The summed E-state index contributed by atoms with van der Waals surface area (Å²) in [7, 11) is -2.86. The molecule has 0 bridgehead atoms. The summed E-state index contributed by atoms with van der Waals surface area (Å²) in [6.07, 6.45) is -0.487. The fourth-order valence-corrected chi connectivity index (χ4v) is 7.60. The number of phenols is 1. The van der Waals surface area contributed by atoms with Gasteiger partial charge in [-0.15, -0.1) is 0 Å². The molecule has 0 unspecified atom stereocenters. The Hall–Kier alpha value is -4.10. The number of hydrogen-bond donors (Lipinski definition) is 1. The van der Waals surface area contributed by atoms with Gasteiger partial charge in [-0.2, -0.15) is 0 Å². The molecule has 0 saturated heterocycles. The Bertz CT molecular complexity index is 1380. The Kier molecular flexibility index (Phi) is 9.50. The molecule has 0 heterocycles. The van der Waals surface area contributed by atoms with Crippen LogP contribution >= 0.6 is 10.3 Å². The average Bonchev–Trinajstić information content (AvgIpc) is 2.92. The van der Waals surface area contributed by atoms with Gasteiger partial charge in [0.1, 0.15) is 33.5 Å². The first-order valence-corrected chi connectivity index (χ1v) is 15.3. The summed E-state index contributed by atoms with van der Waals surface area (Å²) in [4.78, 5) is 16.1. The molecule has 0 aliphatic carbocycles. The largest absolute Gasteiger partial charge is 0.507 e. The predicted octanol–water partition coefficient (Wildman–Crippen LogP) is 8.81. The maximum Gasteiger partial charge on any atom is 0.353 e. The number of hydrogen-bond acceptors (Lipinski definition) is 6. The molecule has 7 heteroatoms.